The maximum Gasteiger partial charge on any atom is 0.255 e. The minimum Gasteiger partial charge on any atom is -0.387 e. The fraction of sp³-hybridized carbons (Fsp3) is 0.667. The molecular weight excluding hydrogens is 411 g/mol. The molecule has 4 rings (SSSR count). The van der Waals surface area contributed by atoms with Gasteiger partial charge in [0.15, 0.2) is 0 Å². The van der Waals surface area contributed by atoms with Gasteiger partial charge in [0, 0.05) is 24.2 Å². The Balaban J connectivity index is 1.74. The molecule has 1 atom stereocenters. The molecule has 1 aromatic heterocycles. The van der Waals surface area contributed by atoms with Crippen LogP contribution in [0.15, 0.2) is 12.3 Å². The van der Waals surface area contributed by atoms with Crippen molar-refractivity contribution < 1.29 is 19.1 Å². The number of aliphatic hydroxyl groups is 1. The molecule has 166 valence electrons. The van der Waals surface area contributed by atoms with E-state index in [1.165, 1.54) is 20.0 Å². The molecular formula is C21H30ClFN4O3. The number of nitrogens with one attached hydrogen (secondary N) is 3. The van der Waals surface area contributed by atoms with Crippen molar-refractivity contribution >= 4 is 29.1 Å². The van der Waals surface area contributed by atoms with Crippen LogP contribution in [0.1, 0.15) is 62.7 Å². The van der Waals surface area contributed by atoms with E-state index in [4.69, 9.17) is 11.6 Å². The Morgan fingerprint density at radius 1 is 1.27 bits per heavy atom. The molecule has 2 amide bonds. The molecule has 7 nitrogen and oxygen atoms in total. The van der Waals surface area contributed by atoms with Crippen LogP contribution in [-0.4, -0.2) is 52.8 Å². The molecule has 3 aliphatic rings. The van der Waals surface area contributed by atoms with Crippen molar-refractivity contribution in [1.82, 2.24) is 15.6 Å². The van der Waals surface area contributed by atoms with Crippen LogP contribution in [0.25, 0.3) is 0 Å². The number of nitrogens with zero attached hydrogens (tertiary/aromatic N) is 1. The minimum absolute atomic E-state index is 0.107. The fourth-order valence-corrected chi connectivity index (χ4v) is 4.66. The van der Waals surface area contributed by atoms with Gasteiger partial charge in [-0.05, 0) is 58.4 Å². The van der Waals surface area contributed by atoms with Crippen molar-refractivity contribution in [2.45, 2.75) is 69.7 Å². The van der Waals surface area contributed by atoms with Crippen molar-refractivity contribution in [3.05, 3.63) is 23.0 Å². The quantitative estimate of drug-likeness (QED) is 0.488. The van der Waals surface area contributed by atoms with Gasteiger partial charge in [0.1, 0.15) is 11.3 Å². The normalized spacial score (nSPS) is 26.7. The molecule has 0 radical (unpaired) electrons. The number of hydrogen-bond acceptors (Lipinski definition) is 5. The minimum atomic E-state index is -1.61. The second kappa shape index (κ2) is 8.30. The first-order valence-corrected chi connectivity index (χ1v) is 10.7. The van der Waals surface area contributed by atoms with Crippen LogP contribution in [0.4, 0.5) is 10.1 Å². The third kappa shape index (κ3) is 4.54. The molecule has 0 aromatic carbocycles. The van der Waals surface area contributed by atoms with Crippen molar-refractivity contribution in [2.24, 2.45) is 5.41 Å². The standard InChI is InChI=1S/C21H30ClFN4O3/c1-19(2,30)15(23)12-26-17(28)13-11-25-16(22)10-14(13)27-21-7-4-20(5-8-21,6-9-21)18(29)24-3/h10-11,15,30H,4-9,12H2,1-3H3,(H,24,29)(H,25,27)(H,26,28). The van der Waals surface area contributed by atoms with E-state index in [2.05, 4.69) is 20.9 Å². The Kier molecular flexibility index (Phi) is 6.30. The summed E-state index contributed by atoms with van der Waals surface area (Å²) in [4.78, 5) is 29.0. The van der Waals surface area contributed by atoms with Crippen LogP contribution in [0.2, 0.25) is 5.15 Å². The lowest BCUT2D eigenvalue weighted by Gasteiger charge is -2.53. The van der Waals surface area contributed by atoms with Crippen molar-refractivity contribution in [2.75, 3.05) is 18.9 Å². The number of hydrogen-bond donors (Lipinski definition) is 4. The van der Waals surface area contributed by atoms with Gasteiger partial charge in [-0.1, -0.05) is 11.6 Å². The number of pyridine rings is 1. The highest BCUT2D eigenvalue weighted by atomic mass is 35.5. The van der Waals surface area contributed by atoms with E-state index in [0.29, 0.717) is 5.69 Å². The molecule has 4 N–H and O–H groups in total. The van der Waals surface area contributed by atoms with E-state index in [0.717, 1.165) is 38.5 Å². The lowest BCUT2D eigenvalue weighted by Crippen LogP contribution is -2.55. The number of carbonyl (C=O) groups excluding carboxylic acids is 2. The number of aromatic nitrogens is 1. The van der Waals surface area contributed by atoms with Crippen molar-refractivity contribution in [3.8, 4) is 0 Å². The largest absolute Gasteiger partial charge is 0.387 e. The van der Waals surface area contributed by atoms with E-state index in [1.54, 1.807) is 13.1 Å². The second-order valence-electron chi connectivity index (χ2n) is 9.15. The van der Waals surface area contributed by atoms with Gasteiger partial charge in [0.2, 0.25) is 5.91 Å². The van der Waals surface area contributed by atoms with Gasteiger partial charge in [-0.25, -0.2) is 9.37 Å². The Labute approximate surface area is 181 Å². The molecule has 2 bridgehead atoms. The highest BCUT2D eigenvalue weighted by Crippen LogP contribution is 2.53. The molecule has 0 aliphatic heterocycles. The first-order valence-electron chi connectivity index (χ1n) is 10.3. The molecule has 3 saturated carbocycles. The molecule has 0 saturated heterocycles. The van der Waals surface area contributed by atoms with Crippen LogP contribution < -0.4 is 16.0 Å². The maximum absolute atomic E-state index is 14.0. The van der Waals surface area contributed by atoms with Gasteiger partial charge in [0.25, 0.3) is 5.91 Å². The summed E-state index contributed by atoms with van der Waals surface area (Å²) in [5.74, 6) is -0.383. The predicted molar refractivity (Wildman–Crippen MR) is 113 cm³/mol. The van der Waals surface area contributed by atoms with E-state index in [-0.39, 0.29) is 34.1 Å². The fourth-order valence-electron chi connectivity index (χ4n) is 4.51. The number of fused-ring (bicyclic) bond motifs is 3. The highest BCUT2D eigenvalue weighted by molar-refractivity contribution is 6.29. The van der Waals surface area contributed by atoms with E-state index < -0.39 is 17.7 Å². The number of anilines is 1. The molecule has 9 heteroatoms. The van der Waals surface area contributed by atoms with Crippen molar-refractivity contribution in [1.29, 1.82) is 0 Å². The van der Waals surface area contributed by atoms with Gasteiger partial charge < -0.3 is 21.1 Å². The summed E-state index contributed by atoms with van der Waals surface area (Å²) >= 11 is 6.08. The van der Waals surface area contributed by atoms with Gasteiger partial charge in [-0.15, -0.1) is 0 Å². The monoisotopic (exact) mass is 440 g/mol. The SMILES string of the molecule is CNC(=O)C12CCC(Nc3cc(Cl)ncc3C(=O)NCC(F)C(C)(C)O)(CC1)CC2. The molecule has 30 heavy (non-hydrogen) atoms. The van der Waals surface area contributed by atoms with Crippen LogP contribution in [-0.2, 0) is 4.79 Å². The first-order chi connectivity index (χ1) is 14.0. The van der Waals surface area contributed by atoms with Crippen molar-refractivity contribution in [3.63, 3.8) is 0 Å². The highest BCUT2D eigenvalue weighted by Gasteiger charge is 2.52. The number of halogens is 2. The van der Waals surface area contributed by atoms with E-state index >= 15 is 0 Å². The third-order valence-corrected chi connectivity index (χ3v) is 6.89. The summed E-state index contributed by atoms with van der Waals surface area (Å²) in [5.41, 5.74) is -1.24. The molecule has 3 aliphatic carbocycles. The van der Waals surface area contributed by atoms with Crippen LogP contribution in [0.5, 0.6) is 0 Å². The second-order valence-corrected chi connectivity index (χ2v) is 9.54. The Bertz CT molecular complexity index is 802. The van der Waals surface area contributed by atoms with Gasteiger partial charge in [-0.3, -0.25) is 9.59 Å². The van der Waals surface area contributed by atoms with Crippen LogP contribution >= 0.6 is 11.6 Å². The summed E-state index contributed by atoms with van der Waals surface area (Å²) in [6, 6.07) is 1.60. The number of alkyl halides is 1. The summed E-state index contributed by atoms with van der Waals surface area (Å²) in [7, 11) is 1.68. The smallest absolute Gasteiger partial charge is 0.255 e. The summed E-state index contributed by atoms with van der Waals surface area (Å²) in [6.45, 7) is 2.39. The molecule has 1 aromatic rings. The molecule has 1 heterocycles. The topological polar surface area (TPSA) is 103 Å². The maximum atomic E-state index is 14.0. The summed E-state index contributed by atoms with van der Waals surface area (Å²) in [6.07, 6.45) is 4.56. The number of rotatable bonds is 7. The Morgan fingerprint density at radius 2 is 1.87 bits per heavy atom. The third-order valence-electron chi connectivity index (χ3n) is 6.68. The number of carbonyl (C=O) groups is 2. The van der Waals surface area contributed by atoms with Crippen LogP contribution in [0, 0.1) is 5.41 Å². The van der Waals surface area contributed by atoms with Gasteiger partial charge in [0.05, 0.1) is 23.4 Å². The Hall–Kier alpha value is -1.93. The van der Waals surface area contributed by atoms with Crippen LogP contribution in [0.3, 0.4) is 0 Å². The van der Waals surface area contributed by atoms with Gasteiger partial charge >= 0.3 is 0 Å². The zero-order valence-corrected chi connectivity index (χ0v) is 18.4. The molecule has 1 unspecified atom stereocenters. The van der Waals surface area contributed by atoms with E-state index in [1.807, 2.05) is 0 Å². The lowest BCUT2D eigenvalue weighted by molar-refractivity contribution is -0.136. The van der Waals surface area contributed by atoms with E-state index in [9.17, 15) is 19.1 Å². The lowest BCUT2D eigenvalue weighted by atomic mass is 9.57. The van der Waals surface area contributed by atoms with Gasteiger partial charge in [-0.2, -0.15) is 0 Å². The molecule has 0 spiro atoms. The first kappa shape index (κ1) is 22.7. The summed E-state index contributed by atoms with van der Waals surface area (Å²) in [5, 5.41) is 18.8. The average Bonchev–Trinajstić information content (AvgIpc) is 2.71. The zero-order chi connectivity index (χ0) is 22.2. The predicted octanol–water partition coefficient (Wildman–Crippen LogP) is 2.82. The molecule has 3 fully saturated rings. The zero-order valence-electron chi connectivity index (χ0n) is 17.6. The number of amides is 2. The Morgan fingerprint density at radius 3 is 2.40 bits per heavy atom. The average molecular weight is 441 g/mol. The summed E-state index contributed by atoms with van der Waals surface area (Å²) < 4.78 is 14.0.